The summed E-state index contributed by atoms with van der Waals surface area (Å²) >= 11 is 5.67. The molecule has 2 rings (SSSR count). The molecule has 0 aliphatic rings. The van der Waals surface area contributed by atoms with Gasteiger partial charge in [-0.3, -0.25) is 14.8 Å². The van der Waals surface area contributed by atoms with Gasteiger partial charge < -0.3 is 4.74 Å². The number of carbonyl (C=O) groups excluding carboxylic acids is 1. The van der Waals surface area contributed by atoms with Crippen LogP contribution in [0.15, 0.2) is 41.4 Å². The standard InChI is InChI=1S/C14H12ClN3O6S/c1-2-24-14(19)9-5-6-16-13(7-9)17-25(22,23)10-3-4-11(15)12(8-10)18(20)21/h3-8H,2H2,1H3,(H,16,17). The summed E-state index contributed by atoms with van der Waals surface area (Å²) in [6.07, 6.45) is 1.23. The van der Waals surface area contributed by atoms with E-state index >= 15 is 0 Å². The number of nitro groups is 1. The molecule has 0 radical (unpaired) electrons. The van der Waals surface area contributed by atoms with E-state index in [1.807, 2.05) is 0 Å². The molecule has 0 bridgehead atoms. The maximum Gasteiger partial charge on any atom is 0.338 e. The maximum absolute atomic E-state index is 12.4. The monoisotopic (exact) mass is 385 g/mol. The molecule has 2 aromatic rings. The Labute approximate surface area is 147 Å². The average Bonchev–Trinajstić information content (AvgIpc) is 2.54. The summed E-state index contributed by atoms with van der Waals surface area (Å²) in [5, 5.41) is 10.7. The number of sulfonamides is 1. The van der Waals surface area contributed by atoms with Crippen LogP contribution in [0, 0.1) is 10.1 Å². The number of nitrogens with zero attached hydrogens (tertiary/aromatic N) is 2. The van der Waals surface area contributed by atoms with Crippen molar-refractivity contribution in [2.45, 2.75) is 11.8 Å². The lowest BCUT2D eigenvalue weighted by molar-refractivity contribution is -0.384. The van der Waals surface area contributed by atoms with E-state index in [0.717, 1.165) is 18.2 Å². The summed E-state index contributed by atoms with van der Waals surface area (Å²) in [7, 11) is -4.17. The molecule has 0 fully saturated rings. The minimum Gasteiger partial charge on any atom is -0.462 e. The number of anilines is 1. The van der Waals surface area contributed by atoms with Crippen molar-refractivity contribution in [2.24, 2.45) is 0 Å². The molecule has 25 heavy (non-hydrogen) atoms. The summed E-state index contributed by atoms with van der Waals surface area (Å²) in [4.78, 5) is 25.2. The van der Waals surface area contributed by atoms with Gasteiger partial charge in [0.15, 0.2) is 0 Å². The third-order valence-electron chi connectivity index (χ3n) is 2.93. The number of hydrogen-bond donors (Lipinski definition) is 1. The van der Waals surface area contributed by atoms with Crippen LogP contribution in [-0.4, -0.2) is 30.9 Å². The van der Waals surface area contributed by atoms with Crippen LogP contribution in [0.2, 0.25) is 5.02 Å². The smallest absolute Gasteiger partial charge is 0.338 e. The largest absolute Gasteiger partial charge is 0.462 e. The number of pyridine rings is 1. The number of carbonyl (C=O) groups is 1. The molecule has 0 spiro atoms. The van der Waals surface area contributed by atoms with Gasteiger partial charge in [-0.05, 0) is 31.2 Å². The highest BCUT2D eigenvalue weighted by molar-refractivity contribution is 7.92. The second kappa shape index (κ2) is 7.45. The van der Waals surface area contributed by atoms with Gasteiger partial charge in [0.05, 0.1) is 22.0 Å². The van der Waals surface area contributed by atoms with E-state index in [1.54, 1.807) is 6.92 Å². The third kappa shape index (κ3) is 4.43. The lowest BCUT2D eigenvalue weighted by Gasteiger charge is -2.09. The van der Waals surface area contributed by atoms with Crippen molar-refractivity contribution in [3.63, 3.8) is 0 Å². The summed E-state index contributed by atoms with van der Waals surface area (Å²) in [5.74, 6) is -0.768. The molecule has 1 N–H and O–H groups in total. The van der Waals surface area contributed by atoms with Crippen molar-refractivity contribution < 1.29 is 22.9 Å². The topological polar surface area (TPSA) is 128 Å². The van der Waals surface area contributed by atoms with Crippen LogP contribution in [0.5, 0.6) is 0 Å². The number of benzene rings is 1. The van der Waals surface area contributed by atoms with Crippen LogP contribution in [0.1, 0.15) is 17.3 Å². The molecule has 1 aromatic carbocycles. The molecule has 0 saturated heterocycles. The molecule has 0 unspecified atom stereocenters. The first kappa shape index (κ1) is 18.6. The van der Waals surface area contributed by atoms with Crippen LogP contribution in [0.25, 0.3) is 0 Å². The van der Waals surface area contributed by atoms with Crippen molar-refractivity contribution in [3.05, 3.63) is 57.2 Å². The summed E-state index contributed by atoms with van der Waals surface area (Å²) in [6.45, 7) is 1.80. The highest BCUT2D eigenvalue weighted by atomic mass is 35.5. The van der Waals surface area contributed by atoms with Gasteiger partial charge >= 0.3 is 5.97 Å². The molecule has 0 atom stereocenters. The first-order valence-electron chi connectivity index (χ1n) is 6.84. The number of nitro benzene ring substituents is 1. The Morgan fingerprint density at radius 1 is 1.36 bits per heavy atom. The molecule has 9 nitrogen and oxygen atoms in total. The molecule has 132 valence electrons. The Morgan fingerprint density at radius 2 is 2.08 bits per heavy atom. The van der Waals surface area contributed by atoms with Gasteiger partial charge in [0, 0.05) is 12.3 Å². The number of rotatable bonds is 6. The number of esters is 1. The lowest BCUT2D eigenvalue weighted by atomic mass is 10.3. The van der Waals surface area contributed by atoms with E-state index in [4.69, 9.17) is 16.3 Å². The Kier molecular flexibility index (Phi) is 5.55. The van der Waals surface area contributed by atoms with Gasteiger partial charge in [-0.1, -0.05) is 11.6 Å². The first-order chi connectivity index (χ1) is 11.7. The minimum absolute atomic E-state index is 0.108. The van der Waals surface area contributed by atoms with E-state index in [-0.39, 0.29) is 27.9 Å². The van der Waals surface area contributed by atoms with Gasteiger partial charge in [-0.15, -0.1) is 0 Å². The second-order valence-corrected chi connectivity index (χ2v) is 6.72. The molecular formula is C14H12ClN3O6S. The number of nitrogens with one attached hydrogen (secondary N) is 1. The zero-order valence-corrected chi connectivity index (χ0v) is 14.4. The number of hydrogen-bond acceptors (Lipinski definition) is 7. The van der Waals surface area contributed by atoms with Crippen molar-refractivity contribution in [2.75, 3.05) is 11.3 Å². The number of ether oxygens (including phenoxy) is 1. The highest BCUT2D eigenvalue weighted by Crippen LogP contribution is 2.27. The van der Waals surface area contributed by atoms with E-state index in [9.17, 15) is 23.3 Å². The van der Waals surface area contributed by atoms with E-state index in [1.165, 1.54) is 18.3 Å². The van der Waals surface area contributed by atoms with E-state index < -0.39 is 26.6 Å². The van der Waals surface area contributed by atoms with E-state index in [0.29, 0.717) is 0 Å². The quantitative estimate of drug-likeness (QED) is 0.459. The highest BCUT2D eigenvalue weighted by Gasteiger charge is 2.21. The molecular weight excluding hydrogens is 374 g/mol. The van der Waals surface area contributed by atoms with Crippen LogP contribution < -0.4 is 4.72 Å². The molecule has 0 amide bonds. The van der Waals surface area contributed by atoms with Crippen LogP contribution in [0.4, 0.5) is 11.5 Å². The summed E-state index contributed by atoms with van der Waals surface area (Å²) in [5.41, 5.74) is -0.436. The molecule has 0 saturated carbocycles. The Morgan fingerprint density at radius 3 is 2.72 bits per heavy atom. The predicted octanol–water partition coefficient (Wildman–Crippen LogP) is 2.62. The van der Waals surface area contributed by atoms with Crippen LogP contribution in [-0.2, 0) is 14.8 Å². The Bertz CT molecular complexity index is 932. The fourth-order valence-corrected chi connectivity index (χ4v) is 3.03. The van der Waals surface area contributed by atoms with E-state index in [2.05, 4.69) is 9.71 Å². The maximum atomic E-state index is 12.4. The lowest BCUT2D eigenvalue weighted by Crippen LogP contribution is -2.15. The van der Waals surface area contributed by atoms with Crippen molar-refractivity contribution in [1.29, 1.82) is 0 Å². The molecule has 1 aromatic heterocycles. The normalized spacial score (nSPS) is 11.0. The van der Waals surface area contributed by atoms with Crippen molar-refractivity contribution >= 4 is 39.1 Å². The Balaban J connectivity index is 2.33. The zero-order valence-electron chi connectivity index (χ0n) is 12.8. The molecule has 0 aliphatic carbocycles. The SMILES string of the molecule is CCOC(=O)c1ccnc(NS(=O)(=O)c2ccc(Cl)c([N+](=O)[O-])c2)c1. The molecule has 0 aliphatic heterocycles. The van der Waals surface area contributed by atoms with Crippen molar-refractivity contribution in [3.8, 4) is 0 Å². The van der Waals surface area contributed by atoms with Gasteiger partial charge in [0.1, 0.15) is 10.8 Å². The molecule has 1 heterocycles. The fraction of sp³-hybridized carbons (Fsp3) is 0.143. The second-order valence-electron chi connectivity index (χ2n) is 4.63. The van der Waals surface area contributed by atoms with Crippen molar-refractivity contribution in [1.82, 2.24) is 4.98 Å². The van der Waals surface area contributed by atoms with Crippen LogP contribution >= 0.6 is 11.6 Å². The van der Waals surface area contributed by atoms with Crippen LogP contribution in [0.3, 0.4) is 0 Å². The summed E-state index contributed by atoms with van der Waals surface area (Å²) < 4.78 is 31.7. The predicted molar refractivity (Wildman–Crippen MR) is 89.1 cm³/mol. The minimum atomic E-state index is -4.17. The number of halogens is 1. The fourth-order valence-electron chi connectivity index (χ4n) is 1.82. The van der Waals surface area contributed by atoms with Gasteiger partial charge in [-0.2, -0.15) is 0 Å². The van der Waals surface area contributed by atoms with Gasteiger partial charge in [0.2, 0.25) is 0 Å². The van der Waals surface area contributed by atoms with Gasteiger partial charge in [0.25, 0.3) is 15.7 Å². The Hall–Kier alpha value is -2.72. The summed E-state index contributed by atoms with van der Waals surface area (Å²) in [6, 6.07) is 5.62. The molecule has 11 heteroatoms. The average molecular weight is 386 g/mol. The first-order valence-corrected chi connectivity index (χ1v) is 8.70. The van der Waals surface area contributed by atoms with Gasteiger partial charge in [-0.25, -0.2) is 18.2 Å². The zero-order chi connectivity index (χ0) is 18.6. The number of aromatic nitrogens is 1. The third-order valence-corrected chi connectivity index (χ3v) is 4.61.